The lowest BCUT2D eigenvalue weighted by molar-refractivity contribution is -0.139. The van der Waals surface area contributed by atoms with Crippen molar-refractivity contribution in [1.29, 1.82) is 0 Å². The van der Waals surface area contributed by atoms with Crippen LogP contribution in [0.1, 0.15) is 19.4 Å². The number of hydrogen-bond donors (Lipinski definition) is 1. The molecule has 1 N–H and O–H groups in total. The maximum Gasteiger partial charge on any atom is 0.244 e. The van der Waals surface area contributed by atoms with Crippen LogP contribution in [0.2, 0.25) is 10.0 Å². The number of nitrogens with one attached hydrogen (secondary N) is 1. The Hall–Kier alpha value is -2.36. The third-order valence-electron chi connectivity index (χ3n) is 4.65. The summed E-state index contributed by atoms with van der Waals surface area (Å²) in [7, 11) is -3.93. The summed E-state index contributed by atoms with van der Waals surface area (Å²) in [5, 5.41) is 3.34. The minimum absolute atomic E-state index is 0.00371. The molecular formula is C21H24Cl2FN3O4S. The van der Waals surface area contributed by atoms with Crippen molar-refractivity contribution >= 4 is 50.7 Å². The minimum atomic E-state index is -3.93. The van der Waals surface area contributed by atoms with Crippen LogP contribution in [0.3, 0.4) is 0 Å². The van der Waals surface area contributed by atoms with Gasteiger partial charge in [0.25, 0.3) is 0 Å². The molecule has 11 heteroatoms. The fourth-order valence-electron chi connectivity index (χ4n) is 2.98. The second-order valence-corrected chi connectivity index (χ2v) is 9.83. The van der Waals surface area contributed by atoms with Gasteiger partial charge in [-0.3, -0.25) is 13.9 Å². The Morgan fingerprint density at radius 1 is 1.16 bits per heavy atom. The van der Waals surface area contributed by atoms with Gasteiger partial charge in [0.05, 0.1) is 11.9 Å². The van der Waals surface area contributed by atoms with Crippen molar-refractivity contribution in [2.24, 2.45) is 0 Å². The fourth-order valence-corrected chi connectivity index (χ4v) is 4.29. The van der Waals surface area contributed by atoms with Gasteiger partial charge in [0.15, 0.2) is 0 Å². The molecule has 2 aromatic carbocycles. The average molecular weight is 504 g/mol. The largest absolute Gasteiger partial charge is 0.355 e. The van der Waals surface area contributed by atoms with E-state index in [1.54, 1.807) is 19.1 Å². The number of sulfonamides is 1. The van der Waals surface area contributed by atoms with E-state index in [1.807, 2.05) is 0 Å². The minimum Gasteiger partial charge on any atom is -0.355 e. The monoisotopic (exact) mass is 503 g/mol. The van der Waals surface area contributed by atoms with Crippen LogP contribution in [0.25, 0.3) is 0 Å². The SMILES string of the molecule is CCNC(=O)[C@H](C)N(Cc1ccc(Cl)cc1Cl)C(=O)CN(c1cccc(F)c1)S(C)(=O)=O. The highest BCUT2D eigenvalue weighted by Crippen LogP contribution is 2.24. The van der Waals surface area contributed by atoms with E-state index in [0.717, 1.165) is 22.7 Å². The molecule has 0 saturated carbocycles. The molecule has 0 aromatic heterocycles. The van der Waals surface area contributed by atoms with Crippen LogP contribution >= 0.6 is 23.2 Å². The van der Waals surface area contributed by atoms with E-state index in [9.17, 15) is 22.4 Å². The highest BCUT2D eigenvalue weighted by molar-refractivity contribution is 7.92. The topological polar surface area (TPSA) is 86.8 Å². The van der Waals surface area contributed by atoms with Gasteiger partial charge in [-0.2, -0.15) is 0 Å². The standard InChI is InChI=1S/C21H24Cl2FN3O4S/c1-4-25-21(29)14(2)26(12-15-8-9-16(22)10-19(15)23)20(28)13-27(32(3,30)31)18-7-5-6-17(24)11-18/h5-11,14H,4,12-13H2,1-3H3,(H,25,29)/t14-/m0/s1. The van der Waals surface area contributed by atoms with E-state index < -0.39 is 40.2 Å². The first kappa shape index (κ1) is 25.9. The van der Waals surface area contributed by atoms with Crippen molar-refractivity contribution in [3.63, 3.8) is 0 Å². The zero-order valence-electron chi connectivity index (χ0n) is 17.8. The highest BCUT2D eigenvalue weighted by atomic mass is 35.5. The first-order valence-electron chi connectivity index (χ1n) is 9.68. The Balaban J connectivity index is 2.41. The maximum atomic E-state index is 13.7. The van der Waals surface area contributed by atoms with Gasteiger partial charge in [-0.05, 0) is 49.7 Å². The Bertz CT molecular complexity index is 1100. The molecule has 32 heavy (non-hydrogen) atoms. The number of carbonyl (C=O) groups excluding carboxylic acids is 2. The number of halogens is 3. The van der Waals surface area contributed by atoms with Gasteiger partial charge in [0, 0.05) is 23.1 Å². The smallest absolute Gasteiger partial charge is 0.244 e. The van der Waals surface area contributed by atoms with Crippen LogP contribution in [0, 0.1) is 5.82 Å². The quantitative estimate of drug-likeness (QED) is 0.567. The number of nitrogens with zero attached hydrogens (tertiary/aromatic N) is 2. The number of rotatable bonds is 9. The summed E-state index contributed by atoms with van der Waals surface area (Å²) in [5.74, 6) is -1.73. The summed E-state index contributed by atoms with van der Waals surface area (Å²) in [6, 6.07) is 8.70. The Labute approximate surface area is 197 Å². The van der Waals surface area contributed by atoms with Crippen LogP contribution in [0.5, 0.6) is 0 Å². The summed E-state index contributed by atoms with van der Waals surface area (Å²) in [4.78, 5) is 27.0. The molecule has 0 heterocycles. The first-order valence-corrected chi connectivity index (χ1v) is 12.3. The average Bonchev–Trinajstić information content (AvgIpc) is 2.70. The normalized spacial score (nSPS) is 12.2. The summed E-state index contributed by atoms with van der Waals surface area (Å²) in [5.41, 5.74) is 0.521. The molecule has 0 fully saturated rings. The molecular weight excluding hydrogens is 480 g/mol. The molecule has 0 spiro atoms. The zero-order chi connectivity index (χ0) is 24.1. The molecule has 2 amide bonds. The summed E-state index contributed by atoms with van der Waals surface area (Å²) >= 11 is 12.2. The number of anilines is 1. The summed E-state index contributed by atoms with van der Waals surface area (Å²) in [6.45, 7) is 2.93. The fraction of sp³-hybridized carbons (Fsp3) is 0.333. The van der Waals surface area contributed by atoms with Crippen LogP contribution in [-0.4, -0.2) is 50.5 Å². The molecule has 0 aliphatic heterocycles. The van der Waals surface area contributed by atoms with Crippen LogP contribution in [-0.2, 0) is 26.2 Å². The van der Waals surface area contributed by atoms with E-state index in [4.69, 9.17) is 23.2 Å². The van der Waals surface area contributed by atoms with Crippen LogP contribution in [0.4, 0.5) is 10.1 Å². The molecule has 0 radical (unpaired) electrons. The Kier molecular flexibility index (Phi) is 8.89. The highest BCUT2D eigenvalue weighted by Gasteiger charge is 2.30. The molecule has 2 aromatic rings. The van der Waals surface area contributed by atoms with Crippen molar-refractivity contribution in [2.45, 2.75) is 26.4 Å². The van der Waals surface area contributed by atoms with Gasteiger partial charge >= 0.3 is 0 Å². The lowest BCUT2D eigenvalue weighted by Gasteiger charge is -2.31. The number of carbonyl (C=O) groups is 2. The van der Waals surface area contributed by atoms with Gasteiger partial charge < -0.3 is 10.2 Å². The predicted molar refractivity (Wildman–Crippen MR) is 124 cm³/mol. The van der Waals surface area contributed by atoms with Crippen LogP contribution < -0.4 is 9.62 Å². The number of likely N-dealkylation sites (N-methyl/N-ethyl adjacent to an activating group) is 1. The molecule has 0 saturated heterocycles. The van der Waals surface area contributed by atoms with Gasteiger partial charge in [-0.25, -0.2) is 12.8 Å². The van der Waals surface area contributed by atoms with Gasteiger partial charge in [0.2, 0.25) is 21.8 Å². The number of amides is 2. The van der Waals surface area contributed by atoms with E-state index in [0.29, 0.717) is 22.2 Å². The third kappa shape index (κ3) is 6.82. The second kappa shape index (κ2) is 11.0. The van der Waals surface area contributed by atoms with Crippen LogP contribution in [0.15, 0.2) is 42.5 Å². The van der Waals surface area contributed by atoms with Gasteiger partial charge in [-0.1, -0.05) is 35.3 Å². The molecule has 7 nitrogen and oxygen atoms in total. The van der Waals surface area contributed by atoms with Crippen molar-refractivity contribution < 1.29 is 22.4 Å². The molecule has 2 rings (SSSR count). The maximum absolute atomic E-state index is 13.7. The second-order valence-electron chi connectivity index (χ2n) is 7.08. The molecule has 0 aliphatic carbocycles. The van der Waals surface area contributed by atoms with Gasteiger partial charge in [-0.15, -0.1) is 0 Å². The zero-order valence-corrected chi connectivity index (χ0v) is 20.1. The first-order chi connectivity index (χ1) is 14.9. The predicted octanol–water partition coefficient (Wildman–Crippen LogP) is 3.45. The van der Waals surface area contributed by atoms with Crippen molar-refractivity contribution in [3.05, 3.63) is 63.9 Å². The lowest BCUT2D eigenvalue weighted by Crippen LogP contribution is -2.51. The van der Waals surface area contributed by atoms with Crippen molar-refractivity contribution in [1.82, 2.24) is 10.2 Å². The Morgan fingerprint density at radius 2 is 1.84 bits per heavy atom. The van der Waals surface area contributed by atoms with E-state index in [-0.39, 0.29) is 12.2 Å². The summed E-state index contributed by atoms with van der Waals surface area (Å²) < 4.78 is 39.2. The van der Waals surface area contributed by atoms with Crippen molar-refractivity contribution in [3.8, 4) is 0 Å². The van der Waals surface area contributed by atoms with E-state index in [2.05, 4.69) is 5.32 Å². The molecule has 0 bridgehead atoms. The lowest BCUT2D eigenvalue weighted by atomic mass is 10.1. The molecule has 1 atom stereocenters. The van der Waals surface area contributed by atoms with E-state index in [1.165, 1.54) is 30.0 Å². The molecule has 0 aliphatic rings. The number of benzene rings is 2. The number of hydrogen-bond acceptors (Lipinski definition) is 4. The van der Waals surface area contributed by atoms with Gasteiger partial charge in [0.1, 0.15) is 18.4 Å². The van der Waals surface area contributed by atoms with E-state index >= 15 is 0 Å². The molecule has 0 unspecified atom stereocenters. The molecule has 174 valence electrons. The summed E-state index contributed by atoms with van der Waals surface area (Å²) in [6.07, 6.45) is 0.915. The van der Waals surface area contributed by atoms with Crippen molar-refractivity contribution in [2.75, 3.05) is 23.7 Å². The third-order valence-corrected chi connectivity index (χ3v) is 6.38. The Morgan fingerprint density at radius 3 is 2.41 bits per heavy atom.